The second-order valence-corrected chi connectivity index (χ2v) is 12.4. The molecule has 41 heavy (non-hydrogen) atoms. The van der Waals surface area contributed by atoms with Crippen LogP contribution in [0.1, 0.15) is 31.4 Å². The Bertz CT molecular complexity index is 1680. The average molecular weight is 599 g/mol. The van der Waals surface area contributed by atoms with Crippen molar-refractivity contribution >= 4 is 54.7 Å². The normalized spacial score (nSPS) is 12.4. The lowest BCUT2D eigenvalue weighted by Crippen LogP contribution is -2.26. The zero-order chi connectivity index (χ0) is 30.2. The minimum absolute atomic E-state index is 0.0164. The van der Waals surface area contributed by atoms with E-state index >= 15 is 0 Å². The van der Waals surface area contributed by atoms with Crippen molar-refractivity contribution in [3.05, 3.63) is 83.9 Å². The van der Waals surface area contributed by atoms with Gasteiger partial charge < -0.3 is 10.6 Å². The molecule has 0 saturated carbocycles. The van der Waals surface area contributed by atoms with Crippen LogP contribution >= 0.6 is 0 Å². The van der Waals surface area contributed by atoms with Crippen LogP contribution in [-0.2, 0) is 29.6 Å². The summed E-state index contributed by atoms with van der Waals surface area (Å²) in [5.74, 6) is -1.06. The van der Waals surface area contributed by atoms with E-state index in [1.807, 2.05) is 18.7 Å². The number of hydrazone groups is 2. The molecule has 4 N–H and O–H groups in total. The summed E-state index contributed by atoms with van der Waals surface area (Å²) in [7, 11) is -7.79. The van der Waals surface area contributed by atoms with Crippen LogP contribution < -0.4 is 20.3 Å². The molecule has 12 nitrogen and oxygen atoms in total. The average Bonchev–Trinajstić information content (AvgIpc) is 2.92. The van der Waals surface area contributed by atoms with Gasteiger partial charge in [0.2, 0.25) is 5.91 Å². The predicted molar refractivity (Wildman–Crippen MR) is 158 cm³/mol. The summed E-state index contributed by atoms with van der Waals surface area (Å²) in [4.78, 5) is 29.0. The minimum atomic E-state index is -3.93. The Labute approximate surface area is 239 Å². The number of nitrogens with zero attached hydrogens (tertiary/aromatic N) is 2. The van der Waals surface area contributed by atoms with Crippen molar-refractivity contribution in [1.82, 2.24) is 9.66 Å². The van der Waals surface area contributed by atoms with Gasteiger partial charge in [0.15, 0.2) is 0 Å². The topological polar surface area (TPSA) is 175 Å². The molecule has 3 aromatic rings. The molecule has 0 atom stereocenters. The molecule has 0 spiro atoms. The van der Waals surface area contributed by atoms with Crippen molar-refractivity contribution in [2.24, 2.45) is 10.2 Å². The molecule has 3 aromatic carbocycles. The van der Waals surface area contributed by atoms with E-state index in [9.17, 15) is 26.4 Å². The molecular weight excluding hydrogens is 568 g/mol. The highest BCUT2D eigenvalue weighted by Crippen LogP contribution is 2.15. The van der Waals surface area contributed by atoms with Gasteiger partial charge in [-0.15, -0.1) is 0 Å². The number of amides is 2. The van der Waals surface area contributed by atoms with E-state index in [1.54, 1.807) is 36.4 Å². The van der Waals surface area contributed by atoms with E-state index in [-0.39, 0.29) is 27.6 Å². The Morgan fingerprint density at radius 1 is 0.634 bits per heavy atom. The van der Waals surface area contributed by atoms with E-state index in [2.05, 4.69) is 25.7 Å². The van der Waals surface area contributed by atoms with E-state index < -0.39 is 31.9 Å². The highest BCUT2D eigenvalue weighted by atomic mass is 32.2. The van der Waals surface area contributed by atoms with Crippen LogP contribution in [0.5, 0.6) is 0 Å². The lowest BCUT2D eigenvalue weighted by Gasteiger charge is -2.09. The van der Waals surface area contributed by atoms with Crippen LogP contribution in [0.15, 0.2) is 92.8 Å². The van der Waals surface area contributed by atoms with Crippen molar-refractivity contribution in [2.75, 3.05) is 10.6 Å². The maximum absolute atomic E-state index is 12.4. The van der Waals surface area contributed by atoms with Gasteiger partial charge >= 0.3 is 0 Å². The highest BCUT2D eigenvalue weighted by Gasteiger charge is 2.15. The number of nitrogens with one attached hydrogen (secondary N) is 4. The van der Waals surface area contributed by atoms with Crippen molar-refractivity contribution < 1.29 is 26.4 Å². The van der Waals surface area contributed by atoms with E-state index in [0.717, 1.165) is 11.1 Å². The van der Waals surface area contributed by atoms with Gasteiger partial charge in [-0.05, 0) is 76.2 Å². The lowest BCUT2D eigenvalue weighted by molar-refractivity contribution is -0.115. The van der Waals surface area contributed by atoms with Gasteiger partial charge in [0, 0.05) is 17.1 Å². The molecule has 0 aliphatic rings. The summed E-state index contributed by atoms with van der Waals surface area (Å²) >= 11 is 0. The van der Waals surface area contributed by atoms with Crippen LogP contribution in [0.2, 0.25) is 0 Å². The molecule has 0 fully saturated rings. The molecule has 0 saturated heterocycles. The fraction of sp³-hybridized carbons (Fsp3) is 0.185. The summed E-state index contributed by atoms with van der Waals surface area (Å²) in [6, 6.07) is 18.6. The van der Waals surface area contributed by atoms with Gasteiger partial charge in [0.1, 0.15) is 5.71 Å². The number of sulfonamides is 2. The first kappa shape index (κ1) is 31.0. The lowest BCUT2D eigenvalue weighted by atomic mass is 10.2. The Morgan fingerprint density at radius 3 is 1.51 bits per heavy atom. The summed E-state index contributed by atoms with van der Waals surface area (Å²) < 4.78 is 49.4. The Morgan fingerprint density at radius 2 is 1.05 bits per heavy atom. The van der Waals surface area contributed by atoms with Crippen LogP contribution in [-0.4, -0.2) is 40.1 Å². The van der Waals surface area contributed by atoms with E-state index in [1.165, 1.54) is 50.2 Å². The van der Waals surface area contributed by atoms with Gasteiger partial charge in [0.25, 0.3) is 26.0 Å². The summed E-state index contributed by atoms with van der Waals surface area (Å²) in [6.45, 7) is 6.54. The summed E-state index contributed by atoms with van der Waals surface area (Å²) in [5.41, 5.74) is 2.75. The first-order chi connectivity index (χ1) is 19.2. The Hall–Kier alpha value is -4.56. The van der Waals surface area contributed by atoms with Crippen molar-refractivity contribution in [2.45, 2.75) is 43.9 Å². The van der Waals surface area contributed by atoms with Gasteiger partial charge in [-0.2, -0.15) is 31.9 Å². The SMILES string of the molecule is C/C(=N/NS(=O)(=O)c1ccc(C)cc1)C(=O)Nc1ccc(NC(=O)C/C(C)=N/NS(=O)(=O)c2ccc(C)cc2)cc1. The zero-order valence-electron chi connectivity index (χ0n) is 22.8. The van der Waals surface area contributed by atoms with Crippen LogP contribution in [0.3, 0.4) is 0 Å². The molecule has 0 heterocycles. The first-order valence-corrected chi connectivity index (χ1v) is 15.2. The molecular formula is C27H30N6O6S2. The molecule has 216 valence electrons. The Kier molecular flexibility index (Phi) is 9.97. The maximum Gasteiger partial charge on any atom is 0.276 e. The van der Waals surface area contributed by atoms with E-state index in [0.29, 0.717) is 11.4 Å². The molecule has 0 aliphatic heterocycles. The maximum atomic E-state index is 12.4. The largest absolute Gasteiger partial charge is 0.326 e. The molecule has 0 aliphatic carbocycles. The quantitative estimate of drug-likeness (QED) is 0.195. The molecule has 0 unspecified atom stereocenters. The molecule has 14 heteroatoms. The number of carbonyl (C=O) groups is 2. The highest BCUT2D eigenvalue weighted by molar-refractivity contribution is 7.89. The molecule has 2 amide bonds. The van der Waals surface area contributed by atoms with Gasteiger partial charge in [0.05, 0.1) is 16.2 Å². The molecule has 3 rings (SSSR count). The number of benzene rings is 3. The van der Waals surface area contributed by atoms with Gasteiger partial charge in [-0.3, -0.25) is 9.59 Å². The number of aryl methyl sites for hydroxylation is 2. The fourth-order valence-corrected chi connectivity index (χ4v) is 4.93. The third-order valence-electron chi connectivity index (χ3n) is 5.52. The molecule has 0 radical (unpaired) electrons. The summed E-state index contributed by atoms with van der Waals surface area (Å²) in [5, 5.41) is 12.7. The van der Waals surface area contributed by atoms with Gasteiger partial charge in [-0.25, -0.2) is 4.83 Å². The predicted octanol–water partition coefficient (Wildman–Crippen LogP) is 3.28. The summed E-state index contributed by atoms with van der Waals surface area (Å²) in [6.07, 6.45) is -0.164. The number of hydrogen-bond donors (Lipinski definition) is 4. The Balaban J connectivity index is 1.51. The van der Waals surface area contributed by atoms with Crippen molar-refractivity contribution in [3.8, 4) is 0 Å². The van der Waals surface area contributed by atoms with Crippen molar-refractivity contribution in [3.63, 3.8) is 0 Å². The van der Waals surface area contributed by atoms with Crippen LogP contribution in [0, 0.1) is 13.8 Å². The smallest absolute Gasteiger partial charge is 0.276 e. The monoisotopic (exact) mass is 598 g/mol. The second kappa shape index (κ2) is 13.2. The van der Waals surface area contributed by atoms with Crippen LogP contribution in [0.4, 0.5) is 11.4 Å². The number of carbonyl (C=O) groups excluding carboxylic acids is 2. The molecule has 0 bridgehead atoms. The number of rotatable bonds is 11. The number of hydrogen-bond acceptors (Lipinski definition) is 8. The fourth-order valence-electron chi connectivity index (χ4n) is 3.19. The van der Waals surface area contributed by atoms with E-state index in [4.69, 9.17) is 0 Å². The van der Waals surface area contributed by atoms with Gasteiger partial charge in [-0.1, -0.05) is 35.4 Å². The number of anilines is 2. The first-order valence-electron chi connectivity index (χ1n) is 12.2. The van der Waals surface area contributed by atoms with Crippen LogP contribution in [0.25, 0.3) is 0 Å². The second-order valence-electron chi connectivity index (χ2n) is 9.12. The molecule has 0 aromatic heterocycles. The zero-order valence-corrected chi connectivity index (χ0v) is 24.4. The van der Waals surface area contributed by atoms with Crippen molar-refractivity contribution in [1.29, 1.82) is 0 Å². The minimum Gasteiger partial charge on any atom is -0.326 e. The third kappa shape index (κ3) is 9.25. The third-order valence-corrected chi connectivity index (χ3v) is 7.97. The standard InChI is InChI=1S/C27H30N6O6S2/c1-18-5-13-24(14-6-18)40(36,37)32-30-20(3)17-26(34)28-22-9-11-23(12-10-22)29-27(35)21(4)31-33-41(38,39)25-15-7-19(2)8-16-25/h5-16,32-33H,17H2,1-4H3,(H,28,34)(H,29,35)/b30-20+,31-21-.